The summed E-state index contributed by atoms with van der Waals surface area (Å²) >= 11 is 1.59. The van der Waals surface area contributed by atoms with Crippen molar-refractivity contribution in [2.45, 2.75) is 12.8 Å². The molecule has 0 saturated heterocycles. The number of phenolic OH excluding ortho intramolecular Hbond substituents is 1. The van der Waals surface area contributed by atoms with Crippen molar-refractivity contribution < 1.29 is 9.90 Å². The molecular formula is C13H12O2S. The predicted molar refractivity (Wildman–Crippen MR) is 64.8 cm³/mol. The highest BCUT2D eigenvalue weighted by molar-refractivity contribution is 7.10. The molecule has 1 aromatic heterocycles. The summed E-state index contributed by atoms with van der Waals surface area (Å²) in [6, 6.07) is 10.8. The van der Waals surface area contributed by atoms with Crippen LogP contribution < -0.4 is 0 Å². The fraction of sp³-hybridized carbons (Fsp3) is 0.154. The fourth-order valence-electron chi connectivity index (χ4n) is 1.56. The maximum absolute atomic E-state index is 11.7. The number of hydrogen-bond acceptors (Lipinski definition) is 3. The van der Waals surface area contributed by atoms with Gasteiger partial charge in [0.25, 0.3) is 0 Å². The average Bonchev–Trinajstić information content (AvgIpc) is 2.70. The summed E-state index contributed by atoms with van der Waals surface area (Å²) in [7, 11) is 0. The first-order chi connectivity index (χ1) is 7.74. The van der Waals surface area contributed by atoms with E-state index in [-0.39, 0.29) is 11.5 Å². The van der Waals surface area contributed by atoms with Crippen LogP contribution in [-0.2, 0) is 17.6 Å². The van der Waals surface area contributed by atoms with Crippen LogP contribution in [0.5, 0.6) is 5.75 Å². The number of aromatic hydroxyl groups is 1. The van der Waals surface area contributed by atoms with Crippen LogP contribution in [0.3, 0.4) is 0 Å². The van der Waals surface area contributed by atoms with Crippen molar-refractivity contribution in [1.82, 2.24) is 0 Å². The molecule has 1 aromatic carbocycles. The second-order valence-electron chi connectivity index (χ2n) is 3.64. The summed E-state index contributed by atoms with van der Waals surface area (Å²) in [5.41, 5.74) is 0.863. The standard InChI is InChI=1S/C13H12O2S/c14-11-4-1-3-10(7-11)8-12(15)9-13-5-2-6-16-13/h1-7,14H,8-9H2. The van der Waals surface area contributed by atoms with Crippen molar-refractivity contribution in [3.05, 3.63) is 52.2 Å². The molecule has 0 spiro atoms. The highest BCUT2D eigenvalue weighted by atomic mass is 32.1. The molecule has 0 aliphatic carbocycles. The van der Waals surface area contributed by atoms with Crippen LogP contribution in [0.4, 0.5) is 0 Å². The first-order valence-electron chi connectivity index (χ1n) is 5.06. The lowest BCUT2D eigenvalue weighted by atomic mass is 10.1. The Bertz CT molecular complexity index is 474. The van der Waals surface area contributed by atoms with E-state index >= 15 is 0 Å². The molecule has 0 unspecified atom stereocenters. The third-order valence-electron chi connectivity index (χ3n) is 2.26. The molecule has 0 fully saturated rings. The lowest BCUT2D eigenvalue weighted by molar-refractivity contribution is -0.117. The molecule has 1 N–H and O–H groups in total. The van der Waals surface area contributed by atoms with E-state index in [2.05, 4.69) is 0 Å². The Balaban J connectivity index is 1.97. The van der Waals surface area contributed by atoms with Gasteiger partial charge >= 0.3 is 0 Å². The van der Waals surface area contributed by atoms with E-state index in [1.54, 1.807) is 29.5 Å². The number of ketones is 1. The summed E-state index contributed by atoms with van der Waals surface area (Å²) in [4.78, 5) is 12.8. The van der Waals surface area contributed by atoms with Crippen LogP contribution in [0.25, 0.3) is 0 Å². The molecule has 2 aromatic rings. The van der Waals surface area contributed by atoms with Gasteiger partial charge in [0, 0.05) is 17.7 Å². The Kier molecular flexibility index (Phi) is 3.37. The summed E-state index contributed by atoms with van der Waals surface area (Å²) in [6.45, 7) is 0. The van der Waals surface area contributed by atoms with Crippen LogP contribution in [0.1, 0.15) is 10.4 Å². The zero-order chi connectivity index (χ0) is 11.4. The summed E-state index contributed by atoms with van der Waals surface area (Å²) in [5, 5.41) is 11.2. The minimum Gasteiger partial charge on any atom is -0.508 e. The quantitative estimate of drug-likeness (QED) is 0.880. The Morgan fingerprint density at radius 3 is 2.75 bits per heavy atom. The van der Waals surface area contributed by atoms with Gasteiger partial charge in [-0.2, -0.15) is 0 Å². The average molecular weight is 232 g/mol. The van der Waals surface area contributed by atoms with E-state index in [1.807, 2.05) is 23.6 Å². The fourth-order valence-corrected chi connectivity index (χ4v) is 2.30. The van der Waals surface area contributed by atoms with Crippen molar-refractivity contribution in [2.24, 2.45) is 0 Å². The van der Waals surface area contributed by atoms with Gasteiger partial charge < -0.3 is 5.11 Å². The second-order valence-corrected chi connectivity index (χ2v) is 4.67. The summed E-state index contributed by atoms with van der Waals surface area (Å²) in [6.07, 6.45) is 0.861. The van der Waals surface area contributed by atoms with Gasteiger partial charge in [-0.05, 0) is 29.1 Å². The Morgan fingerprint density at radius 1 is 1.19 bits per heavy atom. The molecule has 1 heterocycles. The third-order valence-corrected chi connectivity index (χ3v) is 3.14. The van der Waals surface area contributed by atoms with Crippen molar-refractivity contribution in [3.8, 4) is 5.75 Å². The van der Waals surface area contributed by atoms with Gasteiger partial charge in [-0.25, -0.2) is 0 Å². The zero-order valence-corrected chi connectivity index (χ0v) is 9.54. The number of rotatable bonds is 4. The second kappa shape index (κ2) is 4.94. The molecule has 0 aliphatic rings. The number of benzene rings is 1. The predicted octanol–water partition coefficient (Wildman–Crippen LogP) is 2.81. The van der Waals surface area contributed by atoms with E-state index in [0.29, 0.717) is 12.8 Å². The highest BCUT2D eigenvalue weighted by Crippen LogP contribution is 2.14. The number of carbonyl (C=O) groups excluding carboxylic acids is 1. The van der Waals surface area contributed by atoms with Crippen LogP contribution in [0.15, 0.2) is 41.8 Å². The lowest BCUT2D eigenvalue weighted by Gasteiger charge is -2.00. The Morgan fingerprint density at radius 2 is 2.06 bits per heavy atom. The number of carbonyl (C=O) groups is 1. The van der Waals surface area contributed by atoms with Gasteiger partial charge in [0.15, 0.2) is 0 Å². The lowest BCUT2D eigenvalue weighted by Crippen LogP contribution is -2.05. The molecule has 0 saturated carbocycles. The molecule has 0 radical (unpaired) electrons. The largest absolute Gasteiger partial charge is 0.508 e. The van der Waals surface area contributed by atoms with E-state index in [9.17, 15) is 9.90 Å². The highest BCUT2D eigenvalue weighted by Gasteiger charge is 2.06. The van der Waals surface area contributed by atoms with Gasteiger partial charge in [-0.3, -0.25) is 4.79 Å². The van der Waals surface area contributed by atoms with Crippen molar-refractivity contribution in [2.75, 3.05) is 0 Å². The van der Waals surface area contributed by atoms with Crippen LogP contribution >= 0.6 is 11.3 Å². The summed E-state index contributed by atoms with van der Waals surface area (Å²) < 4.78 is 0. The normalized spacial score (nSPS) is 10.2. The van der Waals surface area contributed by atoms with Gasteiger partial charge in [0.1, 0.15) is 11.5 Å². The topological polar surface area (TPSA) is 37.3 Å². The number of phenols is 1. The number of thiophene rings is 1. The minimum atomic E-state index is 0.174. The first-order valence-corrected chi connectivity index (χ1v) is 5.94. The molecule has 0 atom stereocenters. The van der Waals surface area contributed by atoms with Gasteiger partial charge in [-0.1, -0.05) is 18.2 Å². The first kappa shape index (κ1) is 10.9. The number of hydrogen-bond donors (Lipinski definition) is 1. The SMILES string of the molecule is O=C(Cc1cccc(O)c1)Cc1cccs1. The van der Waals surface area contributed by atoms with E-state index < -0.39 is 0 Å². The maximum Gasteiger partial charge on any atom is 0.142 e. The Labute approximate surface area is 98.2 Å². The summed E-state index contributed by atoms with van der Waals surface area (Å²) in [5.74, 6) is 0.384. The molecule has 82 valence electrons. The van der Waals surface area contributed by atoms with E-state index in [1.165, 1.54) is 0 Å². The van der Waals surface area contributed by atoms with Crippen molar-refractivity contribution in [1.29, 1.82) is 0 Å². The Hall–Kier alpha value is -1.61. The van der Waals surface area contributed by atoms with Crippen molar-refractivity contribution in [3.63, 3.8) is 0 Å². The van der Waals surface area contributed by atoms with Gasteiger partial charge in [-0.15, -0.1) is 11.3 Å². The van der Waals surface area contributed by atoms with Gasteiger partial charge in [0.05, 0.1) is 0 Å². The van der Waals surface area contributed by atoms with E-state index in [0.717, 1.165) is 10.4 Å². The molecule has 2 nitrogen and oxygen atoms in total. The molecule has 3 heteroatoms. The maximum atomic E-state index is 11.7. The van der Waals surface area contributed by atoms with Crippen molar-refractivity contribution >= 4 is 17.1 Å². The van der Waals surface area contributed by atoms with Crippen LogP contribution in [0, 0.1) is 0 Å². The molecule has 16 heavy (non-hydrogen) atoms. The van der Waals surface area contributed by atoms with Crippen LogP contribution in [0.2, 0.25) is 0 Å². The van der Waals surface area contributed by atoms with Crippen LogP contribution in [-0.4, -0.2) is 10.9 Å². The zero-order valence-electron chi connectivity index (χ0n) is 8.72. The molecule has 2 rings (SSSR count). The van der Waals surface area contributed by atoms with E-state index in [4.69, 9.17) is 0 Å². The monoisotopic (exact) mass is 232 g/mol. The molecule has 0 amide bonds. The molecule has 0 bridgehead atoms. The molecule has 0 aliphatic heterocycles. The third kappa shape index (κ3) is 2.94. The molecular weight excluding hydrogens is 220 g/mol. The number of Topliss-reactive ketones (excluding diaryl/α,β-unsaturated/α-hetero) is 1. The minimum absolute atomic E-state index is 0.174. The smallest absolute Gasteiger partial charge is 0.142 e. The van der Waals surface area contributed by atoms with Gasteiger partial charge in [0.2, 0.25) is 0 Å².